The van der Waals surface area contributed by atoms with Gasteiger partial charge < -0.3 is 120 Å². The Morgan fingerprint density at radius 1 is 0.487 bits per heavy atom. The van der Waals surface area contributed by atoms with Gasteiger partial charge in [-0.15, -0.1) is 0 Å². The van der Waals surface area contributed by atoms with Crippen LogP contribution in [0.25, 0.3) is 34.4 Å². The fraction of sp³-hybridized carbons (Fsp3) is 0.353. The summed E-state index contributed by atoms with van der Waals surface area (Å²) >= 11 is 0. The molecule has 5 aromatic rings. The van der Waals surface area contributed by atoms with Gasteiger partial charge in [-0.1, -0.05) is 18.2 Å². The van der Waals surface area contributed by atoms with Crippen LogP contribution in [0.15, 0.2) is 89.4 Å². The fourth-order valence-electron chi connectivity index (χ4n) is 8.20. The topological polar surface area (TPSA) is 443 Å². The van der Waals surface area contributed by atoms with Crippen LogP contribution in [-0.4, -0.2) is 206 Å². The molecule has 4 heterocycles. The van der Waals surface area contributed by atoms with Crippen LogP contribution in [0.5, 0.6) is 51.7 Å². The molecule has 15 atom stereocenters. The molecule has 0 bridgehead atoms. The molecular formula is C51H53O27+. The predicted octanol–water partition coefficient (Wildman–Crippen LogP) is -1.32. The Labute approximate surface area is 438 Å². The minimum absolute atomic E-state index is 0.00737. The molecule has 3 fully saturated rings. The summed E-state index contributed by atoms with van der Waals surface area (Å²) in [5.74, 6) is -7.48. The second-order valence-corrected chi connectivity index (χ2v) is 18.0. The van der Waals surface area contributed by atoms with E-state index in [1.54, 1.807) is 0 Å². The summed E-state index contributed by atoms with van der Waals surface area (Å²) in [6, 6.07) is 14.5. The Morgan fingerprint density at radius 2 is 0.987 bits per heavy atom. The standard InChI is InChI=1S/C51H52O27/c52-17-33-39(61)42(64)45(67)51(76-33)75-32-16-25-29(14-24(54)15-30(25)73-49-46(68)43(65)40(62)34(77-49)18-70-36(58)9-4-20-1-6-23(53)7-2-20)72-48(32)22-12-28(57)38(60)31(13-22)74-50-47(69)44(66)41(63)35(78-50)19-71-37(59)10-5-21-3-8-26(55)27(56)11-21/h1-16,33-35,39-47,49-52,61-69H,17-19H2,(H5-,53,54,55,56,57,58,59,60)/p+1/t33-,34-,35-,39-,40-,41-,42+,43+,44+,45-,46-,47-,49-,50-,51-/m1/s1. The molecule has 0 saturated carbocycles. The molecule has 0 radical (unpaired) electrons. The van der Waals surface area contributed by atoms with Crippen LogP contribution in [0.3, 0.4) is 0 Å². The van der Waals surface area contributed by atoms with Crippen molar-refractivity contribution < 1.29 is 134 Å². The van der Waals surface area contributed by atoms with Crippen LogP contribution in [0.4, 0.5) is 0 Å². The number of fused-ring (bicyclic) bond motifs is 1. The average molecular weight is 1100 g/mol. The molecule has 418 valence electrons. The summed E-state index contributed by atoms with van der Waals surface area (Å²) in [4.78, 5) is 25.1. The second kappa shape index (κ2) is 24.0. The van der Waals surface area contributed by atoms with Gasteiger partial charge in [0.05, 0.1) is 18.2 Å². The molecule has 4 aromatic carbocycles. The van der Waals surface area contributed by atoms with Gasteiger partial charge in [0.1, 0.15) is 109 Å². The van der Waals surface area contributed by atoms with E-state index in [9.17, 15) is 91.3 Å². The van der Waals surface area contributed by atoms with Crippen molar-refractivity contribution in [2.75, 3.05) is 19.8 Å². The number of phenols is 6. The number of ether oxygens (including phenoxy) is 8. The first-order valence-electron chi connectivity index (χ1n) is 23.5. The molecule has 27 heteroatoms. The Morgan fingerprint density at radius 3 is 1.54 bits per heavy atom. The van der Waals surface area contributed by atoms with Gasteiger partial charge >= 0.3 is 23.3 Å². The van der Waals surface area contributed by atoms with Gasteiger partial charge in [0.2, 0.25) is 30.4 Å². The number of hydrogen-bond donors (Lipinski definition) is 16. The third kappa shape index (κ3) is 12.5. The van der Waals surface area contributed by atoms with Gasteiger partial charge in [-0.3, -0.25) is 0 Å². The maximum Gasteiger partial charge on any atom is 0.402 e. The lowest BCUT2D eigenvalue weighted by Gasteiger charge is -2.40. The van der Waals surface area contributed by atoms with Crippen LogP contribution >= 0.6 is 0 Å². The van der Waals surface area contributed by atoms with E-state index >= 15 is 0 Å². The number of benzene rings is 4. The molecular weight excluding hydrogens is 1040 g/mol. The SMILES string of the molecule is O=C(C=Cc1ccc(O)c(O)c1)OC[C@H]1O[C@@H](Oc2cc(-c3[o+]c4cc(O)cc(O[C@@H]5O[C@H](COC(=O)C=Cc6ccc(O)cc6)[C@@H](O)[C@H](O)[C@H]5O)c4cc3O[C@@H]3O[C@H](CO)[C@@H](O)[C@H](O)[C@H]3O)cc(O)c2O)[C@H](O)[C@@H](O)[C@@H]1O. The van der Waals surface area contributed by atoms with Gasteiger partial charge in [-0.25, -0.2) is 14.0 Å². The number of aliphatic hydroxyl groups is 10. The van der Waals surface area contributed by atoms with E-state index in [2.05, 4.69) is 0 Å². The number of aromatic hydroxyl groups is 6. The summed E-state index contributed by atoms with van der Waals surface area (Å²) in [5.41, 5.74) is 0.187. The predicted molar refractivity (Wildman–Crippen MR) is 258 cm³/mol. The quantitative estimate of drug-likeness (QED) is 0.0236. The van der Waals surface area contributed by atoms with Crippen molar-refractivity contribution in [3.8, 4) is 63.1 Å². The lowest BCUT2D eigenvalue weighted by molar-refractivity contribution is -0.278. The first kappa shape index (κ1) is 56.6. The second-order valence-electron chi connectivity index (χ2n) is 18.0. The van der Waals surface area contributed by atoms with Crippen molar-refractivity contribution >= 4 is 35.1 Å². The highest BCUT2D eigenvalue weighted by atomic mass is 16.7. The smallest absolute Gasteiger partial charge is 0.402 e. The number of phenolic OH excluding ortho intramolecular Hbond substituents is 6. The molecule has 0 unspecified atom stereocenters. The van der Waals surface area contributed by atoms with E-state index in [0.717, 1.165) is 48.6 Å². The molecule has 27 nitrogen and oxygen atoms in total. The molecule has 16 N–H and O–H groups in total. The molecule has 1 aromatic heterocycles. The van der Waals surface area contributed by atoms with Crippen LogP contribution in [0.2, 0.25) is 0 Å². The maximum atomic E-state index is 12.6. The van der Waals surface area contributed by atoms with Crippen molar-refractivity contribution in [1.29, 1.82) is 0 Å². The van der Waals surface area contributed by atoms with Crippen molar-refractivity contribution in [3.63, 3.8) is 0 Å². The fourth-order valence-corrected chi connectivity index (χ4v) is 8.20. The van der Waals surface area contributed by atoms with Gasteiger partial charge in [-0.2, -0.15) is 0 Å². The van der Waals surface area contributed by atoms with Gasteiger partial charge in [0.25, 0.3) is 0 Å². The van der Waals surface area contributed by atoms with E-state index in [0.29, 0.717) is 5.56 Å². The maximum absolute atomic E-state index is 12.6. The number of esters is 2. The van der Waals surface area contributed by atoms with Crippen LogP contribution in [0.1, 0.15) is 11.1 Å². The first-order chi connectivity index (χ1) is 37.1. The molecule has 78 heavy (non-hydrogen) atoms. The Balaban J connectivity index is 1.08. The van der Waals surface area contributed by atoms with Gasteiger partial charge in [-0.05, 0) is 47.5 Å². The third-order valence-corrected chi connectivity index (χ3v) is 12.5. The summed E-state index contributed by atoms with van der Waals surface area (Å²) in [6.45, 7) is -2.34. The zero-order chi connectivity index (χ0) is 56.3. The Bertz CT molecular complexity index is 3000. The summed E-state index contributed by atoms with van der Waals surface area (Å²) in [5, 5.41) is 169. The summed E-state index contributed by atoms with van der Waals surface area (Å²) in [6.07, 6.45) is -23.7. The minimum atomic E-state index is -2.09. The molecule has 3 aliphatic rings. The lowest BCUT2D eigenvalue weighted by Crippen LogP contribution is -2.60. The van der Waals surface area contributed by atoms with E-state index in [1.165, 1.54) is 48.6 Å². The minimum Gasteiger partial charge on any atom is -0.508 e. The number of rotatable bonds is 16. The molecule has 8 rings (SSSR count). The van der Waals surface area contributed by atoms with Gasteiger partial charge in [0, 0.05) is 36.4 Å². The molecule has 0 aliphatic carbocycles. The zero-order valence-electron chi connectivity index (χ0n) is 40.2. The number of carbonyl (C=O) groups is 2. The van der Waals surface area contributed by atoms with E-state index in [-0.39, 0.29) is 27.8 Å². The van der Waals surface area contributed by atoms with Crippen LogP contribution in [-0.2, 0) is 33.3 Å². The number of carbonyl (C=O) groups excluding carboxylic acids is 2. The van der Waals surface area contributed by atoms with Crippen molar-refractivity contribution in [1.82, 2.24) is 0 Å². The normalized spacial score (nSPS) is 29.3. The molecule has 3 saturated heterocycles. The molecule has 0 amide bonds. The highest BCUT2D eigenvalue weighted by Crippen LogP contribution is 2.47. The molecule has 3 aliphatic heterocycles. The highest BCUT2D eigenvalue weighted by Gasteiger charge is 2.49. The number of aliphatic hydroxyl groups excluding tert-OH is 10. The van der Waals surface area contributed by atoms with Crippen LogP contribution < -0.4 is 14.2 Å². The van der Waals surface area contributed by atoms with E-state index < -0.39 is 176 Å². The lowest BCUT2D eigenvalue weighted by atomic mass is 9.99. The van der Waals surface area contributed by atoms with Crippen LogP contribution in [0, 0.1) is 0 Å². The number of hydrogen-bond acceptors (Lipinski definition) is 26. The van der Waals surface area contributed by atoms with E-state index in [4.69, 9.17) is 42.3 Å². The summed E-state index contributed by atoms with van der Waals surface area (Å²) in [7, 11) is 0. The van der Waals surface area contributed by atoms with E-state index in [1.807, 2.05) is 0 Å². The Kier molecular flexibility index (Phi) is 17.4. The van der Waals surface area contributed by atoms with Crippen molar-refractivity contribution in [2.24, 2.45) is 0 Å². The van der Waals surface area contributed by atoms with Crippen molar-refractivity contribution in [3.05, 3.63) is 96.1 Å². The summed E-state index contributed by atoms with van der Waals surface area (Å²) < 4.78 is 51.2. The highest BCUT2D eigenvalue weighted by molar-refractivity contribution is 5.90. The van der Waals surface area contributed by atoms with Gasteiger partial charge in [0.15, 0.2) is 23.0 Å². The monoisotopic (exact) mass is 1100 g/mol. The third-order valence-electron chi connectivity index (χ3n) is 12.5. The van der Waals surface area contributed by atoms with Crippen molar-refractivity contribution in [2.45, 2.75) is 92.1 Å². The first-order valence-corrected chi connectivity index (χ1v) is 23.5. The zero-order valence-corrected chi connectivity index (χ0v) is 40.2. The largest absolute Gasteiger partial charge is 0.508 e. The molecule has 0 spiro atoms. The Hall–Kier alpha value is -7.61. The average Bonchev–Trinajstić information content (AvgIpc) is 3.48.